The molecule has 0 saturated carbocycles. The molecule has 0 fully saturated rings. The van der Waals surface area contributed by atoms with Crippen LogP contribution in [-0.4, -0.2) is 23.9 Å². The fourth-order valence-corrected chi connectivity index (χ4v) is 0.884. The lowest BCUT2D eigenvalue weighted by molar-refractivity contribution is 0.0183. The van der Waals surface area contributed by atoms with Gasteiger partial charge in [-0.15, -0.1) is 0 Å². The van der Waals surface area contributed by atoms with Gasteiger partial charge < -0.3 is 15.6 Å². The Labute approximate surface area is 86.5 Å². The number of aliphatic hydroxyl groups is 1. The van der Waals surface area contributed by atoms with Gasteiger partial charge in [-0.1, -0.05) is 0 Å². The smallest absolute Gasteiger partial charge is 0.167 e. The van der Waals surface area contributed by atoms with Crippen molar-refractivity contribution in [1.29, 1.82) is 0 Å². The minimum atomic E-state index is -1.22. The first kappa shape index (κ1) is 11.9. The predicted octanol–water partition coefficient (Wildman–Crippen LogP) is 1.05. The lowest BCUT2D eigenvalue weighted by Gasteiger charge is -2.21. The number of ether oxygens (including phenoxy) is 1. The molecule has 1 atom stereocenters. The second kappa shape index (κ2) is 4.55. The molecule has 0 heterocycles. The Hall–Kier alpha value is -1.20. The molecule has 1 aromatic rings. The zero-order valence-electron chi connectivity index (χ0n) is 8.34. The maximum absolute atomic E-state index is 13.1. The first-order chi connectivity index (χ1) is 6.94. The van der Waals surface area contributed by atoms with Crippen LogP contribution in [-0.2, 0) is 0 Å². The fourth-order valence-electron chi connectivity index (χ4n) is 0.884. The van der Waals surface area contributed by atoms with Crippen molar-refractivity contribution in [1.82, 2.24) is 0 Å². The van der Waals surface area contributed by atoms with Gasteiger partial charge in [0, 0.05) is 12.6 Å². The predicted molar refractivity (Wildman–Crippen MR) is 51.5 cm³/mol. The normalized spacial score (nSPS) is 14.7. The molecule has 0 aliphatic rings. The van der Waals surface area contributed by atoms with E-state index in [9.17, 15) is 13.9 Å². The first-order valence-corrected chi connectivity index (χ1v) is 4.45. The molecule has 5 heteroatoms. The van der Waals surface area contributed by atoms with Gasteiger partial charge in [0.1, 0.15) is 18.0 Å². The van der Waals surface area contributed by atoms with E-state index < -0.39 is 17.2 Å². The molecule has 0 saturated heterocycles. The van der Waals surface area contributed by atoms with E-state index in [-0.39, 0.29) is 18.9 Å². The highest BCUT2D eigenvalue weighted by Gasteiger charge is 2.19. The van der Waals surface area contributed by atoms with Gasteiger partial charge >= 0.3 is 0 Å². The molecular weight excluding hydrogens is 204 g/mol. The molecule has 1 rings (SSSR count). The summed E-state index contributed by atoms with van der Waals surface area (Å²) in [6.07, 6.45) is 0. The van der Waals surface area contributed by atoms with E-state index in [0.29, 0.717) is 6.07 Å². The molecule has 0 aromatic heterocycles. The summed E-state index contributed by atoms with van der Waals surface area (Å²) in [6, 6.07) is 2.96. The molecule has 1 unspecified atom stereocenters. The fraction of sp³-hybridized carbons (Fsp3) is 0.400. The summed E-state index contributed by atoms with van der Waals surface area (Å²) in [5, 5.41) is 9.48. The second-order valence-corrected chi connectivity index (χ2v) is 3.56. The lowest BCUT2D eigenvalue weighted by atomic mass is 10.1. The first-order valence-electron chi connectivity index (χ1n) is 4.45. The van der Waals surface area contributed by atoms with Crippen LogP contribution >= 0.6 is 0 Å². The summed E-state index contributed by atoms with van der Waals surface area (Å²) in [6.45, 7) is 1.32. The third-order valence-electron chi connectivity index (χ3n) is 1.87. The van der Waals surface area contributed by atoms with Crippen molar-refractivity contribution in [3.05, 3.63) is 29.8 Å². The van der Waals surface area contributed by atoms with Crippen LogP contribution in [0.1, 0.15) is 6.92 Å². The molecule has 1 aromatic carbocycles. The zero-order chi connectivity index (χ0) is 11.5. The third kappa shape index (κ3) is 3.45. The quantitative estimate of drug-likeness (QED) is 0.792. The molecule has 0 bridgehead atoms. The zero-order valence-corrected chi connectivity index (χ0v) is 8.34. The van der Waals surface area contributed by atoms with Crippen LogP contribution in [0.15, 0.2) is 18.2 Å². The van der Waals surface area contributed by atoms with Crippen molar-refractivity contribution in [3.63, 3.8) is 0 Å². The maximum atomic E-state index is 13.1. The van der Waals surface area contributed by atoms with E-state index in [1.54, 1.807) is 0 Å². The van der Waals surface area contributed by atoms with Crippen molar-refractivity contribution in [3.8, 4) is 5.75 Å². The highest BCUT2D eigenvalue weighted by molar-refractivity contribution is 5.24. The van der Waals surface area contributed by atoms with E-state index in [2.05, 4.69) is 0 Å². The average Bonchev–Trinajstić information content (AvgIpc) is 2.16. The highest BCUT2D eigenvalue weighted by atomic mass is 19.1. The van der Waals surface area contributed by atoms with Crippen molar-refractivity contribution < 1.29 is 18.6 Å². The van der Waals surface area contributed by atoms with E-state index in [0.717, 1.165) is 12.1 Å². The number of hydrogen-bond donors (Lipinski definition) is 2. The largest absolute Gasteiger partial charge is 0.487 e. The van der Waals surface area contributed by atoms with Crippen molar-refractivity contribution in [2.75, 3.05) is 13.2 Å². The Kier molecular flexibility index (Phi) is 3.60. The van der Waals surface area contributed by atoms with Crippen LogP contribution in [0.4, 0.5) is 8.78 Å². The van der Waals surface area contributed by atoms with Crippen LogP contribution < -0.4 is 10.5 Å². The standard InChI is InChI=1S/C10H13F2NO2/c1-10(14,5-13)6-15-9-3-2-7(11)4-8(9)12/h2-4,14H,5-6,13H2,1H3. The Morgan fingerprint density at radius 3 is 2.67 bits per heavy atom. The molecule has 15 heavy (non-hydrogen) atoms. The van der Waals surface area contributed by atoms with Gasteiger partial charge in [-0.2, -0.15) is 0 Å². The summed E-state index contributed by atoms with van der Waals surface area (Å²) in [5.74, 6) is -1.58. The second-order valence-electron chi connectivity index (χ2n) is 3.56. The van der Waals surface area contributed by atoms with Crippen molar-refractivity contribution in [2.24, 2.45) is 5.73 Å². The lowest BCUT2D eigenvalue weighted by Crippen LogP contribution is -2.40. The molecule has 3 N–H and O–H groups in total. The monoisotopic (exact) mass is 217 g/mol. The van der Waals surface area contributed by atoms with E-state index in [1.165, 1.54) is 6.92 Å². The van der Waals surface area contributed by atoms with Crippen LogP contribution in [0.3, 0.4) is 0 Å². The summed E-state index contributed by atoms with van der Waals surface area (Å²) in [4.78, 5) is 0. The van der Waals surface area contributed by atoms with Crippen LogP contribution in [0, 0.1) is 11.6 Å². The van der Waals surface area contributed by atoms with E-state index in [4.69, 9.17) is 10.5 Å². The number of hydrogen-bond acceptors (Lipinski definition) is 3. The van der Waals surface area contributed by atoms with Gasteiger partial charge in [-0.25, -0.2) is 8.78 Å². The minimum Gasteiger partial charge on any atom is -0.487 e. The third-order valence-corrected chi connectivity index (χ3v) is 1.87. The van der Waals surface area contributed by atoms with Gasteiger partial charge in [-0.05, 0) is 19.1 Å². The van der Waals surface area contributed by atoms with Gasteiger partial charge in [0.2, 0.25) is 0 Å². The van der Waals surface area contributed by atoms with Crippen LogP contribution in [0.25, 0.3) is 0 Å². The van der Waals surface area contributed by atoms with Crippen LogP contribution in [0.2, 0.25) is 0 Å². The topological polar surface area (TPSA) is 55.5 Å². The van der Waals surface area contributed by atoms with Crippen molar-refractivity contribution >= 4 is 0 Å². The number of benzene rings is 1. The summed E-state index contributed by atoms with van der Waals surface area (Å²) >= 11 is 0. The summed E-state index contributed by atoms with van der Waals surface area (Å²) in [5.41, 5.74) is 4.03. The average molecular weight is 217 g/mol. The van der Waals surface area contributed by atoms with Gasteiger partial charge in [0.15, 0.2) is 11.6 Å². The molecule has 0 aliphatic carbocycles. The molecular formula is C10H13F2NO2. The molecule has 0 radical (unpaired) electrons. The summed E-state index contributed by atoms with van der Waals surface area (Å²) < 4.78 is 30.6. The van der Waals surface area contributed by atoms with E-state index in [1.807, 2.05) is 0 Å². The molecule has 84 valence electrons. The number of nitrogens with two attached hydrogens (primary N) is 1. The Balaban J connectivity index is 2.66. The van der Waals surface area contributed by atoms with Crippen molar-refractivity contribution in [2.45, 2.75) is 12.5 Å². The highest BCUT2D eigenvalue weighted by Crippen LogP contribution is 2.18. The summed E-state index contributed by atoms with van der Waals surface area (Å²) in [7, 11) is 0. The molecule has 3 nitrogen and oxygen atoms in total. The minimum absolute atomic E-state index is 0.00415. The Morgan fingerprint density at radius 1 is 1.47 bits per heavy atom. The van der Waals surface area contributed by atoms with Gasteiger partial charge in [0.05, 0.1) is 0 Å². The van der Waals surface area contributed by atoms with E-state index >= 15 is 0 Å². The number of halogens is 2. The maximum Gasteiger partial charge on any atom is 0.167 e. The SMILES string of the molecule is CC(O)(CN)COc1ccc(F)cc1F. The molecule has 0 spiro atoms. The molecule has 0 aliphatic heterocycles. The number of rotatable bonds is 4. The van der Waals surface area contributed by atoms with Gasteiger partial charge in [0.25, 0.3) is 0 Å². The molecule has 0 amide bonds. The Bertz CT molecular complexity index is 342. The van der Waals surface area contributed by atoms with Crippen LogP contribution in [0.5, 0.6) is 5.75 Å². The Morgan fingerprint density at radius 2 is 2.13 bits per heavy atom. The van der Waals surface area contributed by atoms with Gasteiger partial charge in [-0.3, -0.25) is 0 Å².